The first kappa shape index (κ1) is 33.0. The van der Waals surface area contributed by atoms with Gasteiger partial charge in [0.1, 0.15) is 19.5 Å². The third-order valence-corrected chi connectivity index (χ3v) is 9.21. The van der Waals surface area contributed by atoms with E-state index in [1.807, 2.05) is 30.3 Å². The van der Waals surface area contributed by atoms with Crippen molar-refractivity contribution in [1.29, 1.82) is 0 Å². The average Bonchev–Trinajstić information content (AvgIpc) is 3.34. The molecule has 1 amide bonds. The van der Waals surface area contributed by atoms with Crippen molar-refractivity contribution in [2.45, 2.75) is 76.9 Å². The SMILES string of the molecule is C.CC(=O)NC1C[C@H]2CC[C@@H](C1)N2Cc1ccc([C@H]2COc3cccnc3O2)cc1.O=Cc1ccc([C@H]2COc3cccnc3O2)cc1. The van der Waals surface area contributed by atoms with Crippen LogP contribution < -0.4 is 24.3 Å². The average molecular weight is 651 g/mol. The molecular formula is C38H42N4O6. The maximum atomic E-state index is 11.4. The number of pyridine rings is 2. The highest BCUT2D eigenvalue weighted by Gasteiger charge is 2.40. The number of carbonyl (C=O) groups is 2. The van der Waals surface area contributed by atoms with Gasteiger partial charge in [-0.15, -0.1) is 0 Å². The highest BCUT2D eigenvalue weighted by atomic mass is 16.6. The minimum absolute atomic E-state index is 0. The number of fused-ring (bicyclic) bond motifs is 4. The number of piperidine rings is 1. The van der Waals surface area contributed by atoms with E-state index in [0.29, 0.717) is 60.2 Å². The van der Waals surface area contributed by atoms with Gasteiger partial charge in [-0.3, -0.25) is 14.5 Å². The third kappa shape index (κ3) is 7.44. The van der Waals surface area contributed by atoms with Crippen LogP contribution in [0.5, 0.6) is 23.3 Å². The summed E-state index contributed by atoms with van der Waals surface area (Å²) >= 11 is 0. The standard InChI is InChI=1S/C23H27N3O3.C14H11NO3.CH4/c1-15(27)25-18-11-19-8-9-20(12-18)26(19)13-16-4-6-17(7-5-16)22-14-28-21-3-2-10-24-23(21)29-22;16-8-10-3-5-11(6-4-10)13-9-17-12-2-1-7-15-14(12)18-13;/h2-7,10,18-20,22H,8-9,11-14H2,1H3,(H,25,27);1-8,13H,9H2;1H4/t18?,19-,20+,22-;13-;/m11./s1. The van der Waals surface area contributed by atoms with Gasteiger partial charge in [-0.05, 0) is 66.6 Å². The summed E-state index contributed by atoms with van der Waals surface area (Å²) in [6.07, 6.45) is 8.48. The Morgan fingerprint density at radius 2 is 1.33 bits per heavy atom. The summed E-state index contributed by atoms with van der Waals surface area (Å²) in [7, 11) is 0. The second-order valence-electron chi connectivity index (χ2n) is 12.4. The molecule has 0 saturated carbocycles. The predicted molar refractivity (Wildman–Crippen MR) is 180 cm³/mol. The molecule has 8 rings (SSSR count). The van der Waals surface area contributed by atoms with Gasteiger partial charge in [0.05, 0.1) is 0 Å². The minimum Gasteiger partial charge on any atom is -0.484 e. The molecule has 2 saturated heterocycles. The van der Waals surface area contributed by atoms with E-state index in [2.05, 4.69) is 44.5 Å². The van der Waals surface area contributed by atoms with Gasteiger partial charge < -0.3 is 24.3 Å². The van der Waals surface area contributed by atoms with Crippen LogP contribution >= 0.6 is 0 Å². The molecule has 6 heterocycles. The van der Waals surface area contributed by atoms with Gasteiger partial charge in [-0.1, -0.05) is 56.0 Å². The van der Waals surface area contributed by atoms with Crippen LogP contribution in [0.2, 0.25) is 0 Å². The van der Waals surface area contributed by atoms with Gasteiger partial charge in [0.15, 0.2) is 23.7 Å². The number of amides is 1. The zero-order valence-electron chi connectivity index (χ0n) is 26.3. The van der Waals surface area contributed by atoms with Gasteiger partial charge >= 0.3 is 0 Å². The zero-order valence-corrected chi connectivity index (χ0v) is 26.3. The number of hydrogen-bond donors (Lipinski definition) is 1. The van der Waals surface area contributed by atoms with Crippen LogP contribution in [0.25, 0.3) is 0 Å². The molecule has 0 spiro atoms. The Bertz CT molecular complexity index is 1680. The molecule has 4 aromatic rings. The summed E-state index contributed by atoms with van der Waals surface area (Å²) < 4.78 is 23.2. The number of hydrogen-bond acceptors (Lipinski definition) is 9. The van der Waals surface area contributed by atoms with Crippen molar-refractivity contribution in [2.75, 3.05) is 13.2 Å². The number of aromatic nitrogens is 2. The second-order valence-corrected chi connectivity index (χ2v) is 12.4. The van der Waals surface area contributed by atoms with E-state index in [4.69, 9.17) is 18.9 Å². The van der Waals surface area contributed by atoms with Crippen molar-refractivity contribution in [1.82, 2.24) is 20.2 Å². The Kier molecular flexibility index (Phi) is 10.2. The lowest BCUT2D eigenvalue weighted by Crippen LogP contribution is -2.49. The molecule has 48 heavy (non-hydrogen) atoms. The highest BCUT2D eigenvalue weighted by molar-refractivity contribution is 5.74. The molecule has 2 aromatic heterocycles. The fraction of sp³-hybridized carbons (Fsp3) is 0.368. The second kappa shape index (κ2) is 14.9. The molecule has 250 valence electrons. The Hall–Kier alpha value is -4.96. The van der Waals surface area contributed by atoms with Crippen LogP contribution in [0.1, 0.15) is 79.3 Å². The predicted octanol–water partition coefficient (Wildman–Crippen LogP) is 6.27. The topological polar surface area (TPSA) is 112 Å². The van der Waals surface area contributed by atoms with Gasteiger partial charge in [0.2, 0.25) is 5.91 Å². The quantitative estimate of drug-likeness (QED) is 0.242. The number of carbonyl (C=O) groups excluding carboxylic acids is 2. The first-order chi connectivity index (χ1) is 23.0. The van der Waals surface area contributed by atoms with Gasteiger partial charge in [-0.25, -0.2) is 9.97 Å². The molecule has 0 radical (unpaired) electrons. The Labute approximate surface area is 281 Å². The van der Waals surface area contributed by atoms with Crippen molar-refractivity contribution in [3.05, 3.63) is 107 Å². The monoisotopic (exact) mass is 650 g/mol. The van der Waals surface area contributed by atoms with E-state index >= 15 is 0 Å². The van der Waals surface area contributed by atoms with Crippen molar-refractivity contribution in [3.63, 3.8) is 0 Å². The summed E-state index contributed by atoms with van der Waals surface area (Å²) in [5.74, 6) is 2.53. The molecule has 10 heteroatoms. The molecule has 1 N–H and O–H groups in total. The van der Waals surface area contributed by atoms with E-state index in [1.165, 1.54) is 18.4 Å². The number of nitrogens with one attached hydrogen (secondary N) is 1. The Morgan fingerprint density at radius 1 is 0.812 bits per heavy atom. The van der Waals surface area contributed by atoms with Gasteiger partial charge in [-0.2, -0.15) is 0 Å². The maximum absolute atomic E-state index is 11.4. The van der Waals surface area contributed by atoms with Crippen LogP contribution in [-0.2, 0) is 11.3 Å². The van der Waals surface area contributed by atoms with Crippen molar-refractivity contribution in [2.24, 2.45) is 0 Å². The van der Waals surface area contributed by atoms with Crippen LogP contribution in [-0.4, -0.2) is 58.4 Å². The number of benzene rings is 2. The fourth-order valence-electron chi connectivity index (χ4n) is 6.92. The Morgan fingerprint density at radius 3 is 1.83 bits per heavy atom. The lowest BCUT2D eigenvalue weighted by molar-refractivity contribution is -0.120. The molecule has 2 aromatic carbocycles. The first-order valence-corrected chi connectivity index (χ1v) is 16.2. The number of ether oxygens (including phenoxy) is 4. The van der Waals surface area contributed by atoms with Crippen molar-refractivity contribution in [3.8, 4) is 23.3 Å². The molecular weight excluding hydrogens is 608 g/mol. The lowest BCUT2D eigenvalue weighted by Gasteiger charge is -2.39. The molecule has 2 bridgehead atoms. The van der Waals surface area contributed by atoms with E-state index in [1.54, 1.807) is 37.5 Å². The number of rotatable bonds is 6. The normalized spacial score (nSPS) is 23.5. The summed E-state index contributed by atoms with van der Waals surface area (Å²) in [5.41, 5.74) is 4.04. The molecule has 2 fully saturated rings. The molecule has 10 nitrogen and oxygen atoms in total. The lowest BCUT2D eigenvalue weighted by atomic mass is 9.96. The smallest absolute Gasteiger partial charge is 0.257 e. The number of aldehydes is 1. The largest absolute Gasteiger partial charge is 0.484 e. The van der Waals surface area contributed by atoms with E-state index < -0.39 is 0 Å². The Balaban J connectivity index is 0.000000182. The van der Waals surface area contributed by atoms with Crippen LogP contribution in [0.3, 0.4) is 0 Å². The summed E-state index contributed by atoms with van der Waals surface area (Å²) in [5, 5.41) is 3.12. The van der Waals surface area contributed by atoms with Crippen LogP contribution in [0.15, 0.2) is 85.2 Å². The van der Waals surface area contributed by atoms with Gasteiger partial charge in [0, 0.05) is 49.6 Å². The fourth-order valence-corrected chi connectivity index (χ4v) is 6.92. The van der Waals surface area contributed by atoms with Crippen molar-refractivity contribution < 1.29 is 28.5 Å². The summed E-state index contributed by atoms with van der Waals surface area (Å²) in [4.78, 5) is 33.0. The van der Waals surface area contributed by atoms with Crippen LogP contribution in [0.4, 0.5) is 0 Å². The minimum atomic E-state index is -0.187. The van der Waals surface area contributed by atoms with E-state index in [9.17, 15) is 9.59 Å². The number of nitrogens with zero attached hydrogens (tertiary/aromatic N) is 3. The molecule has 1 unspecified atom stereocenters. The van der Waals surface area contributed by atoms with E-state index in [0.717, 1.165) is 36.8 Å². The maximum Gasteiger partial charge on any atom is 0.257 e. The molecule has 5 atom stereocenters. The molecule has 4 aliphatic heterocycles. The third-order valence-electron chi connectivity index (χ3n) is 9.21. The van der Waals surface area contributed by atoms with E-state index in [-0.39, 0.29) is 25.5 Å². The highest BCUT2D eigenvalue weighted by Crippen LogP contribution is 2.38. The molecule has 4 aliphatic rings. The first-order valence-electron chi connectivity index (χ1n) is 16.2. The zero-order chi connectivity index (χ0) is 32.2. The summed E-state index contributed by atoms with van der Waals surface area (Å²) in [6.45, 7) is 3.53. The molecule has 0 aliphatic carbocycles. The van der Waals surface area contributed by atoms with Crippen LogP contribution in [0, 0.1) is 0 Å². The summed E-state index contributed by atoms with van der Waals surface area (Å²) in [6, 6.07) is 24.8. The van der Waals surface area contributed by atoms with Gasteiger partial charge in [0.25, 0.3) is 11.8 Å². The van der Waals surface area contributed by atoms with Crippen molar-refractivity contribution >= 4 is 12.2 Å².